The summed E-state index contributed by atoms with van der Waals surface area (Å²) in [6, 6.07) is 3.45. The molecule has 2 aromatic heterocycles. The summed E-state index contributed by atoms with van der Waals surface area (Å²) < 4.78 is 4.67. The number of nitrogen functional groups attached to an aromatic ring is 1. The Hall–Kier alpha value is -2.63. The molecule has 0 radical (unpaired) electrons. The maximum Gasteiger partial charge on any atom is 0.340 e. The van der Waals surface area contributed by atoms with Gasteiger partial charge in [-0.1, -0.05) is 0 Å². The van der Waals surface area contributed by atoms with Gasteiger partial charge in [-0.25, -0.2) is 9.78 Å². The molecule has 0 amide bonds. The summed E-state index contributed by atoms with van der Waals surface area (Å²) in [5.74, 6) is -0.0165. The Labute approximate surface area is 117 Å². The lowest BCUT2D eigenvalue weighted by Gasteiger charge is -2.11. The molecule has 0 spiro atoms. The minimum Gasteiger partial charge on any atom is -0.465 e. The average Bonchev–Trinajstić information content (AvgIpc) is 2.47. The van der Waals surface area contributed by atoms with Crippen molar-refractivity contribution in [1.29, 1.82) is 0 Å². The van der Waals surface area contributed by atoms with Crippen LogP contribution in [0.1, 0.15) is 21.5 Å². The summed E-state index contributed by atoms with van der Waals surface area (Å²) >= 11 is 0. The summed E-state index contributed by atoms with van der Waals surface area (Å²) in [7, 11) is 1.32. The van der Waals surface area contributed by atoms with Crippen molar-refractivity contribution >= 4 is 17.5 Å². The highest BCUT2D eigenvalue weighted by Crippen LogP contribution is 2.21. The molecular formula is C14H16N4O2. The molecule has 0 bridgehead atoms. The number of esters is 1. The van der Waals surface area contributed by atoms with Crippen LogP contribution in [0.15, 0.2) is 30.7 Å². The van der Waals surface area contributed by atoms with Crippen LogP contribution in [0.2, 0.25) is 0 Å². The molecule has 0 fully saturated rings. The first kappa shape index (κ1) is 13.8. The van der Waals surface area contributed by atoms with E-state index in [9.17, 15) is 4.79 Å². The zero-order valence-electron chi connectivity index (χ0n) is 11.4. The Kier molecular flexibility index (Phi) is 4.14. The van der Waals surface area contributed by atoms with E-state index in [0.29, 0.717) is 17.9 Å². The average molecular weight is 272 g/mol. The Morgan fingerprint density at radius 3 is 2.90 bits per heavy atom. The van der Waals surface area contributed by atoms with Crippen molar-refractivity contribution in [3.63, 3.8) is 0 Å². The number of pyridine rings is 2. The van der Waals surface area contributed by atoms with Crippen LogP contribution in [0, 0.1) is 6.92 Å². The van der Waals surface area contributed by atoms with Crippen LogP contribution >= 0.6 is 0 Å². The van der Waals surface area contributed by atoms with Gasteiger partial charge in [0.2, 0.25) is 0 Å². The van der Waals surface area contributed by atoms with Crippen molar-refractivity contribution in [2.75, 3.05) is 18.2 Å². The number of nitrogens with two attached hydrogens (primary N) is 1. The van der Waals surface area contributed by atoms with Crippen molar-refractivity contribution in [1.82, 2.24) is 9.97 Å². The molecule has 0 atom stereocenters. The Morgan fingerprint density at radius 1 is 1.40 bits per heavy atom. The van der Waals surface area contributed by atoms with Gasteiger partial charge in [-0.15, -0.1) is 0 Å². The Morgan fingerprint density at radius 2 is 2.20 bits per heavy atom. The topological polar surface area (TPSA) is 90.1 Å². The van der Waals surface area contributed by atoms with Crippen LogP contribution in [0.25, 0.3) is 0 Å². The number of carbonyl (C=O) groups excluding carboxylic acids is 1. The third kappa shape index (κ3) is 2.85. The first-order valence-electron chi connectivity index (χ1n) is 6.09. The third-order valence-corrected chi connectivity index (χ3v) is 2.98. The molecule has 20 heavy (non-hydrogen) atoms. The molecular weight excluding hydrogens is 256 g/mol. The summed E-state index contributed by atoms with van der Waals surface area (Å²) in [5.41, 5.74) is 8.67. The highest BCUT2D eigenvalue weighted by molar-refractivity contribution is 5.97. The van der Waals surface area contributed by atoms with Gasteiger partial charge in [-0.3, -0.25) is 4.98 Å². The molecule has 0 aliphatic heterocycles. The van der Waals surface area contributed by atoms with Crippen molar-refractivity contribution in [2.45, 2.75) is 13.5 Å². The summed E-state index contributed by atoms with van der Waals surface area (Å²) in [6.07, 6.45) is 5.04. The summed E-state index contributed by atoms with van der Waals surface area (Å²) in [5, 5.41) is 3.12. The minimum atomic E-state index is -0.479. The van der Waals surface area contributed by atoms with Crippen LogP contribution in [-0.4, -0.2) is 23.0 Å². The standard InChI is InChI=1S/C14H16N4O2/c1-9-7-16-5-3-10(9)8-18-13-12(15)11(4-6-17-13)14(19)20-2/h3-7H,8,15H2,1-2H3,(H,17,18). The fourth-order valence-corrected chi connectivity index (χ4v) is 1.78. The highest BCUT2D eigenvalue weighted by atomic mass is 16.5. The van der Waals surface area contributed by atoms with E-state index in [0.717, 1.165) is 11.1 Å². The number of ether oxygens (including phenoxy) is 1. The van der Waals surface area contributed by atoms with E-state index in [2.05, 4.69) is 20.0 Å². The van der Waals surface area contributed by atoms with Gasteiger partial charge in [0.1, 0.15) is 5.82 Å². The molecule has 6 heteroatoms. The van der Waals surface area contributed by atoms with Gasteiger partial charge >= 0.3 is 5.97 Å². The number of nitrogens with one attached hydrogen (secondary N) is 1. The Bertz CT molecular complexity index is 628. The lowest BCUT2D eigenvalue weighted by Crippen LogP contribution is -2.11. The smallest absolute Gasteiger partial charge is 0.340 e. The maximum absolute atomic E-state index is 11.5. The van der Waals surface area contributed by atoms with Crippen LogP contribution in [0.4, 0.5) is 11.5 Å². The van der Waals surface area contributed by atoms with Crippen molar-refractivity contribution in [3.05, 3.63) is 47.4 Å². The van der Waals surface area contributed by atoms with Crippen LogP contribution < -0.4 is 11.1 Å². The fraction of sp³-hybridized carbons (Fsp3) is 0.214. The Balaban J connectivity index is 2.18. The van der Waals surface area contributed by atoms with Crippen LogP contribution in [0.5, 0.6) is 0 Å². The molecule has 6 nitrogen and oxygen atoms in total. The number of hydrogen-bond acceptors (Lipinski definition) is 6. The van der Waals surface area contributed by atoms with Gasteiger partial charge in [0, 0.05) is 25.1 Å². The second-order valence-corrected chi connectivity index (χ2v) is 4.27. The van der Waals surface area contributed by atoms with Gasteiger partial charge in [-0.05, 0) is 30.2 Å². The molecule has 0 aromatic carbocycles. The zero-order valence-corrected chi connectivity index (χ0v) is 11.4. The highest BCUT2D eigenvalue weighted by Gasteiger charge is 2.13. The molecule has 0 aliphatic carbocycles. The van der Waals surface area contributed by atoms with E-state index in [1.165, 1.54) is 19.4 Å². The first-order valence-corrected chi connectivity index (χ1v) is 6.09. The number of hydrogen-bond donors (Lipinski definition) is 2. The van der Waals surface area contributed by atoms with Gasteiger partial charge in [0.05, 0.1) is 18.4 Å². The lowest BCUT2D eigenvalue weighted by atomic mass is 10.1. The summed E-state index contributed by atoms with van der Waals surface area (Å²) in [6.45, 7) is 2.53. The number of nitrogens with zero attached hydrogens (tertiary/aromatic N) is 2. The van der Waals surface area contributed by atoms with Gasteiger partial charge in [0.15, 0.2) is 0 Å². The minimum absolute atomic E-state index is 0.283. The predicted molar refractivity (Wildman–Crippen MR) is 76.3 cm³/mol. The van der Waals surface area contributed by atoms with Gasteiger partial charge in [-0.2, -0.15) is 0 Å². The van der Waals surface area contributed by atoms with Crippen LogP contribution in [0.3, 0.4) is 0 Å². The molecule has 2 heterocycles. The second-order valence-electron chi connectivity index (χ2n) is 4.27. The van der Waals surface area contributed by atoms with E-state index < -0.39 is 5.97 Å². The summed E-state index contributed by atoms with van der Waals surface area (Å²) in [4.78, 5) is 19.7. The largest absolute Gasteiger partial charge is 0.465 e. The number of anilines is 2. The molecule has 0 unspecified atom stereocenters. The monoisotopic (exact) mass is 272 g/mol. The normalized spacial score (nSPS) is 10.1. The first-order chi connectivity index (χ1) is 9.63. The number of aryl methyl sites for hydroxylation is 1. The van der Waals surface area contributed by atoms with Crippen LogP contribution in [-0.2, 0) is 11.3 Å². The maximum atomic E-state index is 11.5. The van der Waals surface area contributed by atoms with E-state index in [4.69, 9.17) is 5.73 Å². The van der Waals surface area contributed by atoms with E-state index >= 15 is 0 Å². The number of rotatable bonds is 4. The van der Waals surface area contributed by atoms with Crippen molar-refractivity contribution in [3.8, 4) is 0 Å². The SMILES string of the molecule is COC(=O)c1ccnc(NCc2ccncc2C)c1N. The predicted octanol–water partition coefficient (Wildman–Crippen LogP) is 1.77. The van der Waals surface area contributed by atoms with E-state index in [-0.39, 0.29) is 5.69 Å². The number of methoxy groups -OCH3 is 1. The quantitative estimate of drug-likeness (QED) is 0.824. The molecule has 3 N–H and O–H groups in total. The van der Waals surface area contributed by atoms with E-state index in [1.54, 1.807) is 12.4 Å². The van der Waals surface area contributed by atoms with Crippen molar-refractivity contribution < 1.29 is 9.53 Å². The van der Waals surface area contributed by atoms with E-state index in [1.807, 2.05) is 13.0 Å². The number of aromatic nitrogens is 2. The molecule has 0 aliphatic rings. The lowest BCUT2D eigenvalue weighted by molar-refractivity contribution is 0.0602. The molecule has 0 saturated heterocycles. The second kappa shape index (κ2) is 6.01. The zero-order chi connectivity index (χ0) is 14.5. The van der Waals surface area contributed by atoms with Gasteiger partial charge < -0.3 is 15.8 Å². The molecule has 104 valence electrons. The molecule has 2 aromatic rings. The third-order valence-electron chi connectivity index (χ3n) is 2.98. The number of carbonyl (C=O) groups is 1. The molecule has 0 saturated carbocycles. The molecule has 2 rings (SSSR count). The van der Waals surface area contributed by atoms with Crippen molar-refractivity contribution in [2.24, 2.45) is 0 Å². The van der Waals surface area contributed by atoms with Gasteiger partial charge in [0.25, 0.3) is 0 Å². The fourth-order valence-electron chi connectivity index (χ4n) is 1.78.